The number of benzene rings is 3. The molecule has 0 aliphatic carbocycles. The van der Waals surface area contributed by atoms with E-state index in [0.29, 0.717) is 17.1 Å². The molecule has 0 aliphatic heterocycles. The Labute approximate surface area is 151 Å². The van der Waals surface area contributed by atoms with Crippen LogP contribution in [0.5, 0.6) is 0 Å². The molecule has 128 valence electrons. The molecular weight excluding hydrogens is 324 g/mol. The number of para-hydroxylation sites is 2. The van der Waals surface area contributed by atoms with Gasteiger partial charge in [0.1, 0.15) is 5.52 Å². The number of fused-ring (bicyclic) bond motifs is 1. The van der Waals surface area contributed by atoms with Crippen molar-refractivity contribution < 1.29 is 9.21 Å². The average molecular weight is 342 g/mol. The lowest BCUT2D eigenvalue weighted by molar-refractivity contribution is 0.102. The van der Waals surface area contributed by atoms with E-state index >= 15 is 0 Å². The molecular formula is C22H18N2O2. The summed E-state index contributed by atoms with van der Waals surface area (Å²) in [4.78, 5) is 17.0. The summed E-state index contributed by atoms with van der Waals surface area (Å²) in [5.74, 6) is 0.400. The fourth-order valence-electron chi connectivity index (χ4n) is 2.82. The second kappa shape index (κ2) is 6.84. The van der Waals surface area contributed by atoms with Crippen LogP contribution in [-0.2, 0) is 6.42 Å². The Kier molecular flexibility index (Phi) is 4.23. The molecule has 4 aromatic rings. The lowest BCUT2D eigenvalue weighted by atomic mass is 10.1. The predicted octanol–water partition coefficient (Wildman–Crippen LogP) is 5.31. The first-order valence-electron chi connectivity index (χ1n) is 8.59. The van der Waals surface area contributed by atoms with Crippen molar-refractivity contribution in [1.29, 1.82) is 0 Å². The highest BCUT2D eigenvalue weighted by Crippen LogP contribution is 2.26. The Bertz CT molecular complexity index is 1030. The molecule has 0 radical (unpaired) electrons. The first-order valence-corrected chi connectivity index (χ1v) is 8.59. The van der Waals surface area contributed by atoms with Crippen molar-refractivity contribution in [3.05, 3.63) is 83.9 Å². The third kappa shape index (κ3) is 3.22. The maximum Gasteiger partial charge on any atom is 0.255 e. The lowest BCUT2D eigenvalue weighted by Crippen LogP contribution is -2.11. The molecule has 0 fully saturated rings. The number of rotatable bonds is 4. The Balaban J connectivity index is 1.57. The summed E-state index contributed by atoms with van der Waals surface area (Å²) >= 11 is 0. The van der Waals surface area contributed by atoms with Gasteiger partial charge in [-0.1, -0.05) is 37.3 Å². The van der Waals surface area contributed by atoms with Crippen LogP contribution >= 0.6 is 0 Å². The normalized spacial score (nSPS) is 10.8. The van der Waals surface area contributed by atoms with Crippen molar-refractivity contribution in [1.82, 2.24) is 4.98 Å². The Morgan fingerprint density at radius 2 is 1.81 bits per heavy atom. The SMILES string of the molecule is CCc1ccc(C(=O)Nc2cccc(-c3nc4ccccc4o3)c2)cc1. The fraction of sp³-hybridized carbons (Fsp3) is 0.0909. The standard InChI is InChI=1S/C22H18N2O2/c1-2-15-10-12-16(13-11-15)21(25)23-18-7-5-6-17(14-18)22-24-19-8-3-4-9-20(19)26-22/h3-14H,2H2,1H3,(H,23,25). The molecule has 26 heavy (non-hydrogen) atoms. The Morgan fingerprint density at radius 1 is 1.00 bits per heavy atom. The van der Waals surface area contributed by atoms with Crippen LogP contribution in [0.3, 0.4) is 0 Å². The Hall–Kier alpha value is -3.40. The summed E-state index contributed by atoms with van der Waals surface area (Å²) in [6.45, 7) is 2.09. The minimum absolute atomic E-state index is 0.137. The van der Waals surface area contributed by atoms with E-state index in [2.05, 4.69) is 17.2 Å². The van der Waals surface area contributed by atoms with Gasteiger partial charge in [0.2, 0.25) is 5.89 Å². The van der Waals surface area contributed by atoms with Crippen LogP contribution < -0.4 is 5.32 Å². The van der Waals surface area contributed by atoms with Crippen LogP contribution in [0.25, 0.3) is 22.6 Å². The number of carbonyl (C=O) groups is 1. The number of carbonyl (C=O) groups excluding carboxylic acids is 1. The van der Waals surface area contributed by atoms with Gasteiger partial charge in [-0.25, -0.2) is 4.98 Å². The molecule has 3 aromatic carbocycles. The van der Waals surface area contributed by atoms with Crippen LogP contribution in [0, 0.1) is 0 Å². The minimum Gasteiger partial charge on any atom is -0.436 e. The molecule has 1 heterocycles. The maximum absolute atomic E-state index is 12.5. The van der Waals surface area contributed by atoms with Crippen LogP contribution in [-0.4, -0.2) is 10.9 Å². The smallest absolute Gasteiger partial charge is 0.255 e. The molecule has 0 atom stereocenters. The quantitative estimate of drug-likeness (QED) is 0.547. The van der Waals surface area contributed by atoms with Crippen molar-refractivity contribution in [3.8, 4) is 11.5 Å². The van der Waals surface area contributed by atoms with Crippen molar-refractivity contribution >= 4 is 22.7 Å². The fourth-order valence-corrected chi connectivity index (χ4v) is 2.82. The molecule has 1 amide bonds. The lowest BCUT2D eigenvalue weighted by Gasteiger charge is -2.07. The summed E-state index contributed by atoms with van der Waals surface area (Å²) < 4.78 is 5.80. The van der Waals surface area contributed by atoms with Crippen molar-refractivity contribution in [2.24, 2.45) is 0 Å². The molecule has 1 N–H and O–H groups in total. The van der Waals surface area contributed by atoms with Gasteiger partial charge >= 0.3 is 0 Å². The van der Waals surface area contributed by atoms with Gasteiger partial charge in [-0.3, -0.25) is 4.79 Å². The summed E-state index contributed by atoms with van der Waals surface area (Å²) in [6.07, 6.45) is 0.953. The van der Waals surface area contributed by atoms with Crippen LogP contribution in [0.15, 0.2) is 77.2 Å². The van der Waals surface area contributed by atoms with Crippen molar-refractivity contribution in [2.75, 3.05) is 5.32 Å². The third-order valence-corrected chi connectivity index (χ3v) is 4.29. The number of aromatic nitrogens is 1. The van der Waals surface area contributed by atoms with Crippen LogP contribution in [0.4, 0.5) is 5.69 Å². The van der Waals surface area contributed by atoms with E-state index in [1.165, 1.54) is 5.56 Å². The molecule has 0 saturated carbocycles. The molecule has 4 nitrogen and oxygen atoms in total. The summed E-state index contributed by atoms with van der Waals surface area (Å²) in [6, 6.07) is 22.8. The second-order valence-electron chi connectivity index (χ2n) is 6.07. The number of oxazole rings is 1. The first-order chi connectivity index (χ1) is 12.7. The van der Waals surface area contributed by atoms with E-state index in [9.17, 15) is 4.79 Å². The van der Waals surface area contributed by atoms with E-state index in [1.807, 2.05) is 72.8 Å². The molecule has 0 unspecified atom stereocenters. The second-order valence-corrected chi connectivity index (χ2v) is 6.07. The number of hydrogen-bond donors (Lipinski definition) is 1. The van der Waals surface area contributed by atoms with Gasteiger partial charge in [0, 0.05) is 16.8 Å². The highest BCUT2D eigenvalue weighted by Gasteiger charge is 2.10. The number of nitrogens with one attached hydrogen (secondary N) is 1. The number of anilines is 1. The molecule has 0 saturated heterocycles. The molecule has 1 aromatic heterocycles. The topological polar surface area (TPSA) is 55.1 Å². The molecule has 0 spiro atoms. The average Bonchev–Trinajstić information content (AvgIpc) is 3.12. The summed E-state index contributed by atoms with van der Waals surface area (Å²) in [7, 11) is 0. The third-order valence-electron chi connectivity index (χ3n) is 4.29. The number of hydrogen-bond acceptors (Lipinski definition) is 3. The summed E-state index contributed by atoms with van der Waals surface area (Å²) in [5, 5.41) is 2.93. The zero-order chi connectivity index (χ0) is 17.9. The molecule has 0 bridgehead atoms. The van der Waals surface area contributed by atoms with Gasteiger partial charge < -0.3 is 9.73 Å². The van der Waals surface area contributed by atoms with Crippen LogP contribution in [0.1, 0.15) is 22.8 Å². The van der Waals surface area contributed by atoms with Crippen molar-refractivity contribution in [2.45, 2.75) is 13.3 Å². The highest BCUT2D eigenvalue weighted by molar-refractivity contribution is 6.04. The van der Waals surface area contributed by atoms with Gasteiger partial charge in [0.05, 0.1) is 0 Å². The van der Waals surface area contributed by atoms with Gasteiger partial charge in [-0.05, 0) is 54.4 Å². The van der Waals surface area contributed by atoms with E-state index in [0.717, 1.165) is 23.1 Å². The molecule has 4 rings (SSSR count). The van der Waals surface area contributed by atoms with Gasteiger partial charge in [-0.2, -0.15) is 0 Å². The molecule has 4 heteroatoms. The van der Waals surface area contributed by atoms with Gasteiger partial charge in [0.15, 0.2) is 5.58 Å². The van der Waals surface area contributed by atoms with E-state index < -0.39 is 0 Å². The number of aryl methyl sites for hydroxylation is 1. The highest BCUT2D eigenvalue weighted by atomic mass is 16.3. The summed E-state index contributed by atoms with van der Waals surface area (Å²) in [5.41, 5.74) is 4.92. The maximum atomic E-state index is 12.5. The largest absolute Gasteiger partial charge is 0.436 e. The minimum atomic E-state index is -0.137. The van der Waals surface area contributed by atoms with Gasteiger partial charge in [-0.15, -0.1) is 0 Å². The van der Waals surface area contributed by atoms with E-state index in [1.54, 1.807) is 0 Å². The number of nitrogens with zero attached hydrogens (tertiary/aromatic N) is 1. The monoisotopic (exact) mass is 342 g/mol. The molecule has 0 aliphatic rings. The van der Waals surface area contributed by atoms with Gasteiger partial charge in [0.25, 0.3) is 5.91 Å². The zero-order valence-corrected chi connectivity index (χ0v) is 14.4. The first kappa shape index (κ1) is 16.1. The van der Waals surface area contributed by atoms with E-state index in [4.69, 9.17) is 4.42 Å². The van der Waals surface area contributed by atoms with E-state index in [-0.39, 0.29) is 5.91 Å². The zero-order valence-electron chi connectivity index (χ0n) is 14.4. The predicted molar refractivity (Wildman–Crippen MR) is 103 cm³/mol. The van der Waals surface area contributed by atoms with Crippen LogP contribution in [0.2, 0.25) is 0 Å². The van der Waals surface area contributed by atoms with Crippen molar-refractivity contribution in [3.63, 3.8) is 0 Å². The number of amides is 1. The Morgan fingerprint density at radius 3 is 2.58 bits per heavy atom.